The van der Waals surface area contributed by atoms with Crippen molar-refractivity contribution in [1.29, 1.82) is 0 Å². The van der Waals surface area contributed by atoms with Gasteiger partial charge in [-0.2, -0.15) is 4.98 Å². The zero-order valence-corrected chi connectivity index (χ0v) is 19.5. The highest BCUT2D eigenvalue weighted by molar-refractivity contribution is 14.0. The van der Waals surface area contributed by atoms with Gasteiger partial charge >= 0.3 is 0 Å². The molecular weight excluding hydrogens is 511 g/mol. The molecule has 0 bridgehead atoms. The summed E-state index contributed by atoms with van der Waals surface area (Å²) in [5, 5.41) is 12.2. The summed E-state index contributed by atoms with van der Waals surface area (Å²) in [7, 11) is 1.72. The summed E-state index contributed by atoms with van der Waals surface area (Å²) in [6, 6.07) is 7.34. The van der Waals surface area contributed by atoms with E-state index in [9.17, 15) is 0 Å². The lowest BCUT2D eigenvalue weighted by Crippen LogP contribution is -2.37. The molecule has 0 aliphatic rings. The van der Waals surface area contributed by atoms with Crippen LogP contribution >= 0.6 is 46.9 Å². The molecule has 0 spiro atoms. The van der Waals surface area contributed by atoms with E-state index in [1.165, 1.54) is 4.88 Å². The molecule has 3 aromatic rings. The molecular formula is C18H22ClIN6OS. The van der Waals surface area contributed by atoms with Crippen LogP contribution in [-0.4, -0.2) is 34.7 Å². The number of hydrogen-bond acceptors (Lipinski definition) is 6. The predicted molar refractivity (Wildman–Crippen MR) is 124 cm³/mol. The number of hydrogen-bond donors (Lipinski definition) is 2. The number of benzene rings is 1. The SMILES string of the molecule is CCc1cnc(CCNC(=NC)NCc2nc(-c3cccc(Cl)c3)no2)s1.I. The highest BCUT2D eigenvalue weighted by atomic mass is 127. The van der Waals surface area contributed by atoms with Gasteiger partial charge < -0.3 is 15.2 Å². The van der Waals surface area contributed by atoms with Crippen molar-refractivity contribution in [3.63, 3.8) is 0 Å². The molecule has 0 unspecified atom stereocenters. The van der Waals surface area contributed by atoms with Gasteiger partial charge in [0.1, 0.15) is 0 Å². The van der Waals surface area contributed by atoms with Gasteiger partial charge in [-0.05, 0) is 18.6 Å². The Labute approximate surface area is 190 Å². The molecule has 2 aromatic heterocycles. The van der Waals surface area contributed by atoms with Crippen LogP contribution in [0.3, 0.4) is 0 Å². The third-order valence-electron chi connectivity index (χ3n) is 3.76. The first kappa shape index (κ1) is 22.6. The van der Waals surface area contributed by atoms with E-state index in [0.717, 1.165) is 30.0 Å². The van der Waals surface area contributed by atoms with E-state index in [1.54, 1.807) is 30.5 Å². The summed E-state index contributed by atoms with van der Waals surface area (Å²) >= 11 is 7.75. The maximum absolute atomic E-state index is 6.00. The van der Waals surface area contributed by atoms with Gasteiger partial charge in [0.05, 0.1) is 11.6 Å². The summed E-state index contributed by atoms with van der Waals surface area (Å²) in [5.74, 6) is 1.65. The van der Waals surface area contributed by atoms with Crippen molar-refractivity contribution in [1.82, 2.24) is 25.8 Å². The number of nitrogens with zero attached hydrogens (tertiary/aromatic N) is 4. The molecule has 28 heavy (non-hydrogen) atoms. The zero-order chi connectivity index (χ0) is 19.1. The third kappa shape index (κ3) is 6.42. The third-order valence-corrected chi connectivity index (χ3v) is 5.20. The molecule has 150 valence electrons. The predicted octanol–water partition coefficient (Wildman–Crippen LogP) is 3.93. The number of guanidine groups is 1. The fourth-order valence-corrected chi connectivity index (χ4v) is 3.42. The maximum Gasteiger partial charge on any atom is 0.246 e. The van der Waals surface area contributed by atoms with Gasteiger partial charge in [0, 0.05) is 41.7 Å². The summed E-state index contributed by atoms with van der Waals surface area (Å²) < 4.78 is 5.28. The molecule has 0 aliphatic heterocycles. The largest absolute Gasteiger partial charge is 0.356 e. The van der Waals surface area contributed by atoms with Crippen molar-refractivity contribution in [2.45, 2.75) is 26.3 Å². The van der Waals surface area contributed by atoms with Crippen molar-refractivity contribution < 1.29 is 4.52 Å². The van der Waals surface area contributed by atoms with E-state index >= 15 is 0 Å². The normalized spacial score (nSPS) is 11.2. The van der Waals surface area contributed by atoms with E-state index < -0.39 is 0 Å². The van der Waals surface area contributed by atoms with Gasteiger partial charge in [-0.3, -0.25) is 4.99 Å². The minimum Gasteiger partial charge on any atom is -0.356 e. The molecule has 0 atom stereocenters. The summed E-state index contributed by atoms with van der Waals surface area (Å²) in [4.78, 5) is 14.3. The Morgan fingerprint density at radius 2 is 2.18 bits per heavy atom. The van der Waals surface area contributed by atoms with Crippen molar-refractivity contribution in [3.8, 4) is 11.4 Å². The van der Waals surface area contributed by atoms with E-state index in [2.05, 4.69) is 37.7 Å². The van der Waals surface area contributed by atoms with Crippen molar-refractivity contribution in [3.05, 3.63) is 51.3 Å². The number of aliphatic imine (C=N–C) groups is 1. The fraction of sp³-hybridized carbons (Fsp3) is 0.333. The van der Waals surface area contributed by atoms with Crippen LogP contribution in [0.5, 0.6) is 0 Å². The standard InChI is InChI=1S/C18H21ClN6OS.HI/c1-3-14-10-22-16(27-14)7-8-21-18(20-2)23-11-15-24-17(25-26-15)12-5-4-6-13(19)9-12;/h4-6,9-10H,3,7-8,11H2,1-2H3,(H2,20,21,23);1H. The lowest BCUT2D eigenvalue weighted by molar-refractivity contribution is 0.375. The van der Waals surface area contributed by atoms with Crippen molar-refractivity contribution in [2.75, 3.05) is 13.6 Å². The van der Waals surface area contributed by atoms with Gasteiger partial charge in [-0.25, -0.2) is 4.98 Å². The average Bonchev–Trinajstić information content (AvgIpc) is 3.34. The van der Waals surface area contributed by atoms with E-state index in [1.807, 2.05) is 18.3 Å². The summed E-state index contributed by atoms with van der Waals surface area (Å²) in [6.45, 7) is 3.26. The number of nitrogens with one attached hydrogen (secondary N) is 2. The van der Waals surface area contributed by atoms with Crippen LogP contribution in [0.25, 0.3) is 11.4 Å². The highest BCUT2D eigenvalue weighted by Gasteiger charge is 2.10. The van der Waals surface area contributed by atoms with Crippen LogP contribution in [0.15, 0.2) is 40.0 Å². The number of halogens is 2. The number of rotatable bonds is 7. The molecule has 3 rings (SSSR count). The smallest absolute Gasteiger partial charge is 0.246 e. The first-order valence-electron chi connectivity index (χ1n) is 8.64. The van der Waals surface area contributed by atoms with Gasteiger partial charge in [-0.1, -0.05) is 35.8 Å². The second kappa shape index (κ2) is 11.3. The number of thiazole rings is 1. The molecule has 2 N–H and O–H groups in total. The molecule has 7 nitrogen and oxygen atoms in total. The second-order valence-electron chi connectivity index (χ2n) is 5.70. The molecule has 0 fully saturated rings. The monoisotopic (exact) mass is 532 g/mol. The van der Waals surface area contributed by atoms with Crippen LogP contribution in [0.1, 0.15) is 22.7 Å². The Morgan fingerprint density at radius 1 is 1.32 bits per heavy atom. The molecule has 1 aromatic carbocycles. The Hall–Kier alpha value is -1.72. The van der Waals surface area contributed by atoms with E-state index in [-0.39, 0.29) is 24.0 Å². The Bertz CT molecular complexity index is 913. The first-order valence-corrected chi connectivity index (χ1v) is 9.84. The molecule has 0 saturated carbocycles. The van der Waals surface area contributed by atoms with Crippen LogP contribution < -0.4 is 10.6 Å². The van der Waals surface area contributed by atoms with Crippen molar-refractivity contribution in [2.24, 2.45) is 4.99 Å². The van der Waals surface area contributed by atoms with Gasteiger partial charge in [0.15, 0.2) is 5.96 Å². The quantitative estimate of drug-likeness (QED) is 0.272. The molecule has 0 saturated heterocycles. The molecule has 0 radical (unpaired) electrons. The van der Waals surface area contributed by atoms with Crippen LogP contribution in [0, 0.1) is 0 Å². The average molecular weight is 533 g/mol. The van der Waals surface area contributed by atoms with Gasteiger partial charge in [0.25, 0.3) is 0 Å². The van der Waals surface area contributed by atoms with E-state index in [4.69, 9.17) is 16.1 Å². The first-order chi connectivity index (χ1) is 13.2. The number of aromatic nitrogens is 3. The Balaban J connectivity index is 0.00000280. The Kier molecular flexibility index (Phi) is 9.13. The Morgan fingerprint density at radius 3 is 2.89 bits per heavy atom. The maximum atomic E-state index is 6.00. The lowest BCUT2D eigenvalue weighted by Gasteiger charge is -2.09. The summed E-state index contributed by atoms with van der Waals surface area (Å²) in [6.07, 6.45) is 3.82. The molecule has 2 heterocycles. The van der Waals surface area contributed by atoms with Crippen LogP contribution in [0.4, 0.5) is 0 Å². The summed E-state index contributed by atoms with van der Waals surface area (Å²) in [5.41, 5.74) is 0.815. The van der Waals surface area contributed by atoms with Crippen molar-refractivity contribution >= 4 is 52.9 Å². The fourth-order valence-electron chi connectivity index (χ4n) is 2.37. The topological polar surface area (TPSA) is 88.2 Å². The number of aryl methyl sites for hydroxylation is 1. The van der Waals surface area contributed by atoms with Crippen LogP contribution in [-0.2, 0) is 19.4 Å². The molecule has 0 aliphatic carbocycles. The zero-order valence-electron chi connectivity index (χ0n) is 15.6. The molecule has 10 heteroatoms. The molecule has 0 amide bonds. The lowest BCUT2D eigenvalue weighted by atomic mass is 10.2. The minimum absolute atomic E-state index is 0. The van der Waals surface area contributed by atoms with E-state index in [0.29, 0.717) is 29.2 Å². The van der Waals surface area contributed by atoms with Gasteiger partial charge in [-0.15, -0.1) is 35.3 Å². The second-order valence-corrected chi connectivity index (χ2v) is 7.33. The van der Waals surface area contributed by atoms with Crippen LogP contribution in [0.2, 0.25) is 5.02 Å². The minimum atomic E-state index is 0. The van der Waals surface area contributed by atoms with Gasteiger partial charge in [0.2, 0.25) is 11.7 Å². The highest BCUT2D eigenvalue weighted by Crippen LogP contribution is 2.19.